The number of pyridine rings is 1. The van der Waals surface area contributed by atoms with E-state index in [0.29, 0.717) is 21.6 Å². The Morgan fingerprint density at radius 3 is 2.77 bits per heavy atom. The van der Waals surface area contributed by atoms with Crippen LogP contribution in [0.5, 0.6) is 0 Å². The third-order valence-corrected chi connectivity index (χ3v) is 3.86. The molecule has 126 valence electrons. The van der Waals surface area contributed by atoms with Crippen molar-refractivity contribution in [3.8, 4) is 0 Å². The quantitative estimate of drug-likeness (QED) is 0.383. The summed E-state index contributed by atoms with van der Waals surface area (Å²) in [5.41, 5.74) is 1.05. The first-order valence-electron chi connectivity index (χ1n) is 7.03. The zero-order valence-corrected chi connectivity index (χ0v) is 17.0. The number of aliphatic imine (C=N–C) groups is 1. The number of rotatable bonds is 4. The molecule has 9 heteroatoms. The molecule has 26 heavy (non-hydrogen) atoms. The minimum Gasteiger partial charge on any atom is -0.859 e. The van der Waals surface area contributed by atoms with Crippen LogP contribution in [-0.2, 0) is 0 Å². The maximum absolute atomic E-state index is 12.0. The Balaban J connectivity index is 0.00000243. The number of carboxylic acids is 1. The van der Waals surface area contributed by atoms with Crippen LogP contribution in [0.4, 0.5) is 5.69 Å². The second-order valence-electron chi connectivity index (χ2n) is 5.02. The van der Waals surface area contributed by atoms with E-state index < -0.39 is 11.9 Å². The van der Waals surface area contributed by atoms with Crippen molar-refractivity contribution in [2.45, 2.75) is 0 Å². The molecule has 0 aliphatic rings. The molecule has 0 radical (unpaired) electrons. The largest absolute Gasteiger partial charge is 1.00 e. The van der Waals surface area contributed by atoms with Crippen molar-refractivity contribution >= 4 is 57.7 Å². The summed E-state index contributed by atoms with van der Waals surface area (Å²) in [7, 11) is 0. The fourth-order valence-electron chi connectivity index (χ4n) is 2.35. The molecule has 1 aromatic carbocycles. The van der Waals surface area contributed by atoms with Gasteiger partial charge >= 0.3 is 35.5 Å². The van der Waals surface area contributed by atoms with Gasteiger partial charge in [-0.15, -0.1) is 0 Å². The molecule has 0 saturated heterocycles. The first kappa shape index (κ1) is 20.5. The van der Waals surface area contributed by atoms with Crippen LogP contribution in [0.15, 0.2) is 47.7 Å². The molecule has 0 unspecified atom stereocenters. The number of fused-ring (bicyclic) bond motifs is 1. The maximum atomic E-state index is 12.0. The van der Waals surface area contributed by atoms with Gasteiger partial charge in [-0.2, -0.15) is 0 Å². The second-order valence-corrected chi connectivity index (χ2v) is 5.87. The number of benzene rings is 1. The van der Waals surface area contributed by atoms with E-state index in [9.17, 15) is 15.0 Å². The minimum atomic E-state index is -1.18. The number of H-pyrrole nitrogens is 1. The molecule has 0 aliphatic carbocycles. The number of nitrogens with one attached hydrogen (secondary N) is 1. The first-order chi connectivity index (χ1) is 12.0. The molecule has 0 spiro atoms. The van der Waals surface area contributed by atoms with E-state index in [1.54, 1.807) is 24.4 Å². The minimum absolute atomic E-state index is 0. The van der Waals surface area contributed by atoms with Crippen molar-refractivity contribution in [3.63, 3.8) is 0 Å². The van der Waals surface area contributed by atoms with Crippen LogP contribution < -0.4 is 34.7 Å². The molecule has 3 aromatic rings. The molecule has 2 N–H and O–H groups in total. The van der Waals surface area contributed by atoms with Crippen LogP contribution in [0.2, 0.25) is 10.0 Å². The second kappa shape index (κ2) is 8.70. The number of hydrogen-bond acceptors (Lipinski definition) is 4. The fourth-order valence-corrected chi connectivity index (χ4v) is 2.94. The van der Waals surface area contributed by atoms with Crippen LogP contribution in [0.3, 0.4) is 0 Å². The zero-order chi connectivity index (χ0) is 18.0. The fraction of sp³-hybridized carbons (Fsp3) is 0. The molecular formula is C17H10Cl2N3NaO3. The number of nitrogens with zero attached hydrogens (tertiary/aromatic N) is 2. The molecule has 0 atom stereocenters. The van der Waals surface area contributed by atoms with E-state index >= 15 is 0 Å². The van der Waals surface area contributed by atoms with Gasteiger partial charge in [-0.25, -0.2) is 4.79 Å². The summed E-state index contributed by atoms with van der Waals surface area (Å²) in [6, 6.07) is 6.35. The molecule has 0 fully saturated rings. The van der Waals surface area contributed by atoms with Gasteiger partial charge in [0.25, 0.3) is 0 Å². The third-order valence-electron chi connectivity index (χ3n) is 3.35. The van der Waals surface area contributed by atoms with Gasteiger partial charge in [-0.3, -0.25) is 9.98 Å². The average Bonchev–Trinajstić information content (AvgIpc) is 2.93. The topological polar surface area (TPSA) is 101 Å². The van der Waals surface area contributed by atoms with Gasteiger partial charge in [0.1, 0.15) is 5.69 Å². The third kappa shape index (κ3) is 4.47. The number of aromatic amines is 1. The summed E-state index contributed by atoms with van der Waals surface area (Å²) in [6.07, 6.45) is 5.55. The number of carbonyl (C=O) groups is 1. The number of carboxylic acid groups (broad SMARTS) is 1. The average molecular weight is 398 g/mol. The van der Waals surface area contributed by atoms with Crippen molar-refractivity contribution in [2.24, 2.45) is 4.99 Å². The molecule has 0 amide bonds. The van der Waals surface area contributed by atoms with E-state index in [-0.39, 0.29) is 45.8 Å². The van der Waals surface area contributed by atoms with Crippen molar-refractivity contribution in [1.82, 2.24) is 9.97 Å². The summed E-state index contributed by atoms with van der Waals surface area (Å²) in [6.45, 7) is 0. The van der Waals surface area contributed by atoms with Crippen molar-refractivity contribution in [2.75, 3.05) is 0 Å². The normalized spacial score (nSPS) is 11.7. The molecule has 0 aliphatic heterocycles. The van der Waals surface area contributed by atoms with Crippen LogP contribution in [0.25, 0.3) is 17.0 Å². The predicted molar refractivity (Wildman–Crippen MR) is 95.6 cm³/mol. The zero-order valence-electron chi connectivity index (χ0n) is 13.5. The van der Waals surface area contributed by atoms with Crippen LogP contribution in [0, 0.1) is 0 Å². The summed E-state index contributed by atoms with van der Waals surface area (Å²) in [5.74, 6) is -1.73. The summed E-state index contributed by atoms with van der Waals surface area (Å²) < 4.78 is 0. The summed E-state index contributed by atoms with van der Waals surface area (Å²) in [4.78, 5) is 21.9. The molecule has 2 aromatic heterocycles. The van der Waals surface area contributed by atoms with Crippen molar-refractivity contribution in [1.29, 1.82) is 0 Å². The molecule has 2 heterocycles. The SMILES string of the molecule is O=C(O)c1[nH]c2cc(Cl)cc(Cl)c2c1/C=C/C([O-])=Nc1cccnc1.[Na+]. The predicted octanol–water partition coefficient (Wildman–Crippen LogP) is 0.676. The summed E-state index contributed by atoms with van der Waals surface area (Å²) in [5, 5.41) is 22.5. The summed E-state index contributed by atoms with van der Waals surface area (Å²) >= 11 is 12.1. The van der Waals surface area contributed by atoms with E-state index in [1.807, 2.05) is 0 Å². The Bertz CT molecular complexity index is 1020. The molecule has 6 nitrogen and oxygen atoms in total. The van der Waals surface area contributed by atoms with Crippen LogP contribution >= 0.6 is 23.2 Å². The number of aromatic nitrogens is 2. The standard InChI is InChI=1S/C17H11Cl2N3O3.Na/c18-9-6-12(19)15-11(16(17(24)25)22-13(15)7-9)3-4-14(23)21-10-2-1-5-20-8-10;/h1-8,22H,(H,21,23)(H,24,25);/q;+1/p-1/b4-3+;. The van der Waals surface area contributed by atoms with Gasteiger partial charge in [0.15, 0.2) is 0 Å². The van der Waals surface area contributed by atoms with Gasteiger partial charge in [0, 0.05) is 27.7 Å². The van der Waals surface area contributed by atoms with Crippen LogP contribution in [0.1, 0.15) is 16.1 Å². The number of halogens is 2. The van der Waals surface area contributed by atoms with Gasteiger partial charge in [-0.1, -0.05) is 35.4 Å². The first-order valence-corrected chi connectivity index (χ1v) is 7.79. The molecule has 0 saturated carbocycles. The Labute approximate surface area is 180 Å². The van der Waals surface area contributed by atoms with Gasteiger partial charge in [-0.05, 0) is 30.2 Å². The van der Waals surface area contributed by atoms with Crippen molar-refractivity contribution in [3.05, 3.63) is 64.0 Å². The monoisotopic (exact) mass is 397 g/mol. The van der Waals surface area contributed by atoms with Gasteiger partial charge in [0.2, 0.25) is 0 Å². The van der Waals surface area contributed by atoms with E-state index in [4.69, 9.17) is 23.2 Å². The molecule has 3 rings (SSSR count). The number of hydrogen-bond donors (Lipinski definition) is 2. The van der Waals surface area contributed by atoms with E-state index in [2.05, 4.69) is 15.0 Å². The maximum Gasteiger partial charge on any atom is 1.00 e. The Kier molecular flexibility index (Phi) is 6.86. The Morgan fingerprint density at radius 2 is 2.12 bits per heavy atom. The Morgan fingerprint density at radius 1 is 1.35 bits per heavy atom. The Hall–Kier alpha value is -1.83. The molecule has 0 bridgehead atoms. The van der Waals surface area contributed by atoms with E-state index in [1.165, 1.54) is 24.4 Å². The van der Waals surface area contributed by atoms with Crippen LogP contribution in [-0.4, -0.2) is 26.9 Å². The number of aromatic carboxylic acids is 1. The van der Waals surface area contributed by atoms with Crippen molar-refractivity contribution < 1.29 is 44.6 Å². The smallest absolute Gasteiger partial charge is 0.859 e. The van der Waals surface area contributed by atoms with E-state index in [0.717, 1.165) is 0 Å². The van der Waals surface area contributed by atoms with Gasteiger partial charge < -0.3 is 15.2 Å². The van der Waals surface area contributed by atoms with Gasteiger partial charge in [0.05, 0.1) is 16.9 Å². The molecular weight excluding hydrogens is 388 g/mol.